The molecule has 2 heterocycles. The number of aliphatic hydroxyl groups is 1. The van der Waals surface area contributed by atoms with E-state index in [0.29, 0.717) is 25.1 Å². The number of hydrogen-bond acceptors (Lipinski definition) is 5. The Balaban J connectivity index is 1.73. The molecule has 120 valence electrons. The molecule has 3 atom stereocenters. The van der Waals surface area contributed by atoms with Gasteiger partial charge in [-0.1, -0.05) is 6.07 Å². The van der Waals surface area contributed by atoms with Crippen LogP contribution >= 0.6 is 0 Å². The number of nitrogens with zero attached hydrogens (tertiary/aromatic N) is 1. The van der Waals surface area contributed by atoms with E-state index in [1.807, 2.05) is 11.8 Å². The molecule has 0 bridgehead atoms. The van der Waals surface area contributed by atoms with Crippen LogP contribution in [0.5, 0.6) is 0 Å². The number of rotatable bonds is 3. The standard InChI is InChI=1S/C16H21FN2O3/c1-9-10(2-3-11-12(9)8-22-16(11)21)15(20)7-19-5-4-14(18)13(17)6-19/h2-3,13-15,20H,4-8,18H2,1H3/t13-,14-,15+/m1/s1. The Morgan fingerprint density at radius 1 is 1.55 bits per heavy atom. The lowest BCUT2D eigenvalue weighted by Gasteiger charge is -2.34. The fourth-order valence-corrected chi connectivity index (χ4v) is 3.22. The monoisotopic (exact) mass is 308 g/mol. The number of hydrogen-bond donors (Lipinski definition) is 2. The zero-order valence-electron chi connectivity index (χ0n) is 12.6. The average Bonchev–Trinajstić information content (AvgIpc) is 2.86. The van der Waals surface area contributed by atoms with E-state index in [4.69, 9.17) is 10.5 Å². The highest BCUT2D eigenvalue weighted by Gasteiger charge is 2.29. The van der Waals surface area contributed by atoms with Crippen LogP contribution in [0.3, 0.4) is 0 Å². The van der Waals surface area contributed by atoms with Crippen molar-refractivity contribution in [2.75, 3.05) is 19.6 Å². The first-order chi connectivity index (χ1) is 10.5. The first-order valence-electron chi connectivity index (χ1n) is 7.57. The number of β-amino-alcohol motifs (C(OH)–C–C–N with tert-alkyl or cyclic N) is 1. The second-order valence-corrected chi connectivity index (χ2v) is 6.13. The molecule has 0 aliphatic carbocycles. The lowest BCUT2D eigenvalue weighted by Crippen LogP contribution is -2.49. The van der Waals surface area contributed by atoms with Crippen LogP contribution in [0, 0.1) is 6.92 Å². The van der Waals surface area contributed by atoms with Gasteiger partial charge < -0.3 is 15.6 Å². The summed E-state index contributed by atoms with van der Waals surface area (Å²) in [6.07, 6.45) is -1.17. The highest BCUT2D eigenvalue weighted by atomic mass is 19.1. The SMILES string of the molecule is Cc1c([C@@H](O)CN2CC[C@@H](N)[C@H](F)C2)ccc2c1COC2=O. The lowest BCUT2D eigenvalue weighted by atomic mass is 9.94. The van der Waals surface area contributed by atoms with Gasteiger partial charge in [0.05, 0.1) is 11.7 Å². The predicted molar refractivity (Wildman–Crippen MR) is 79.2 cm³/mol. The number of piperidine rings is 1. The van der Waals surface area contributed by atoms with E-state index in [1.165, 1.54) is 0 Å². The number of carbonyl (C=O) groups is 1. The third-order valence-corrected chi connectivity index (χ3v) is 4.67. The van der Waals surface area contributed by atoms with E-state index in [2.05, 4.69) is 0 Å². The van der Waals surface area contributed by atoms with Crippen LogP contribution < -0.4 is 5.73 Å². The van der Waals surface area contributed by atoms with Gasteiger partial charge >= 0.3 is 5.97 Å². The largest absolute Gasteiger partial charge is 0.457 e. The van der Waals surface area contributed by atoms with Crippen molar-refractivity contribution in [1.82, 2.24) is 4.90 Å². The number of nitrogens with two attached hydrogens (primary N) is 1. The normalized spacial score (nSPS) is 26.6. The van der Waals surface area contributed by atoms with Crippen LogP contribution in [0.2, 0.25) is 0 Å². The molecule has 0 aromatic heterocycles. The first-order valence-corrected chi connectivity index (χ1v) is 7.57. The molecule has 1 aromatic carbocycles. The van der Waals surface area contributed by atoms with E-state index in [0.717, 1.165) is 16.7 Å². The molecule has 5 nitrogen and oxygen atoms in total. The van der Waals surface area contributed by atoms with E-state index in [9.17, 15) is 14.3 Å². The molecule has 2 aliphatic rings. The summed E-state index contributed by atoms with van der Waals surface area (Å²) < 4.78 is 18.7. The van der Waals surface area contributed by atoms with E-state index < -0.39 is 18.3 Å². The van der Waals surface area contributed by atoms with Gasteiger partial charge in [-0.05, 0) is 37.1 Å². The van der Waals surface area contributed by atoms with Gasteiger partial charge in [0.2, 0.25) is 0 Å². The summed E-state index contributed by atoms with van der Waals surface area (Å²) in [4.78, 5) is 13.4. The third-order valence-electron chi connectivity index (χ3n) is 4.67. The quantitative estimate of drug-likeness (QED) is 0.817. The molecule has 3 rings (SSSR count). The molecule has 3 N–H and O–H groups in total. The number of ether oxygens (including phenoxy) is 1. The molecule has 0 radical (unpaired) electrons. The second-order valence-electron chi connectivity index (χ2n) is 6.13. The molecule has 22 heavy (non-hydrogen) atoms. The number of carbonyl (C=O) groups excluding carboxylic acids is 1. The smallest absolute Gasteiger partial charge is 0.338 e. The van der Waals surface area contributed by atoms with Crippen LogP contribution in [0.25, 0.3) is 0 Å². The fraction of sp³-hybridized carbons (Fsp3) is 0.562. The number of benzene rings is 1. The Morgan fingerprint density at radius 2 is 2.32 bits per heavy atom. The number of aliphatic hydroxyl groups excluding tert-OH is 1. The molecule has 1 saturated heterocycles. The maximum absolute atomic E-state index is 13.7. The van der Waals surface area contributed by atoms with Gasteiger partial charge in [-0.15, -0.1) is 0 Å². The fourth-order valence-electron chi connectivity index (χ4n) is 3.22. The minimum atomic E-state index is -1.05. The van der Waals surface area contributed by atoms with Crippen LogP contribution in [-0.4, -0.2) is 47.8 Å². The third kappa shape index (κ3) is 2.74. The summed E-state index contributed by atoms with van der Waals surface area (Å²) in [7, 11) is 0. The van der Waals surface area contributed by atoms with Crippen molar-refractivity contribution in [2.45, 2.75) is 38.3 Å². The number of cyclic esters (lactones) is 1. The number of halogens is 1. The lowest BCUT2D eigenvalue weighted by molar-refractivity contribution is 0.0535. The van der Waals surface area contributed by atoms with Gasteiger partial charge in [-0.25, -0.2) is 9.18 Å². The number of fused-ring (bicyclic) bond motifs is 1. The summed E-state index contributed by atoms with van der Waals surface area (Å²) in [5.41, 5.74) is 8.72. The Morgan fingerprint density at radius 3 is 3.05 bits per heavy atom. The van der Waals surface area contributed by atoms with E-state index in [1.54, 1.807) is 12.1 Å². The van der Waals surface area contributed by atoms with Crippen LogP contribution in [-0.2, 0) is 11.3 Å². The van der Waals surface area contributed by atoms with Gasteiger partial charge in [-0.3, -0.25) is 4.90 Å². The minimum Gasteiger partial charge on any atom is -0.457 e. The summed E-state index contributed by atoms with van der Waals surface area (Å²) in [6.45, 7) is 3.44. The highest BCUT2D eigenvalue weighted by molar-refractivity contribution is 5.93. The minimum absolute atomic E-state index is 0.254. The van der Waals surface area contributed by atoms with Gasteiger partial charge in [-0.2, -0.15) is 0 Å². The second kappa shape index (κ2) is 5.95. The highest BCUT2D eigenvalue weighted by Crippen LogP contribution is 2.29. The van der Waals surface area contributed by atoms with Crippen LogP contribution in [0.15, 0.2) is 12.1 Å². The predicted octanol–water partition coefficient (Wildman–Crippen LogP) is 1.07. The number of alkyl halides is 1. The molecule has 0 saturated carbocycles. The molecule has 6 heteroatoms. The molecule has 0 spiro atoms. The van der Waals surface area contributed by atoms with Crippen molar-refractivity contribution in [3.63, 3.8) is 0 Å². The van der Waals surface area contributed by atoms with Gasteiger partial charge in [0.1, 0.15) is 12.8 Å². The van der Waals surface area contributed by atoms with Crippen molar-refractivity contribution in [2.24, 2.45) is 5.73 Å². The molecule has 2 aliphatic heterocycles. The maximum atomic E-state index is 13.7. The number of likely N-dealkylation sites (tertiary alicyclic amines) is 1. The Bertz CT molecular complexity index is 593. The zero-order valence-corrected chi connectivity index (χ0v) is 12.6. The molecule has 0 unspecified atom stereocenters. The van der Waals surface area contributed by atoms with Gasteiger partial charge in [0, 0.05) is 24.7 Å². The molecule has 0 amide bonds. The Hall–Kier alpha value is -1.50. The average molecular weight is 308 g/mol. The van der Waals surface area contributed by atoms with Crippen molar-refractivity contribution in [3.8, 4) is 0 Å². The van der Waals surface area contributed by atoms with Gasteiger partial charge in [0.25, 0.3) is 0 Å². The molecule has 1 aromatic rings. The van der Waals surface area contributed by atoms with E-state index >= 15 is 0 Å². The topological polar surface area (TPSA) is 75.8 Å². The van der Waals surface area contributed by atoms with E-state index in [-0.39, 0.29) is 19.1 Å². The van der Waals surface area contributed by atoms with Crippen molar-refractivity contribution in [1.29, 1.82) is 0 Å². The molecule has 1 fully saturated rings. The van der Waals surface area contributed by atoms with Crippen molar-refractivity contribution >= 4 is 5.97 Å². The summed E-state index contributed by atoms with van der Waals surface area (Å²) in [5, 5.41) is 10.5. The Kier molecular flexibility index (Phi) is 4.16. The molecular formula is C16H21FN2O3. The van der Waals surface area contributed by atoms with Crippen LogP contribution in [0.4, 0.5) is 4.39 Å². The van der Waals surface area contributed by atoms with Gasteiger partial charge in [0.15, 0.2) is 0 Å². The number of esters is 1. The Labute approximate surface area is 128 Å². The van der Waals surface area contributed by atoms with Crippen LogP contribution in [0.1, 0.15) is 39.6 Å². The summed E-state index contributed by atoms with van der Waals surface area (Å²) in [6, 6.07) is 3.05. The summed E-state index contributed by atoms with van der Waals surface area (Å²) in [5.74, 6) is -0.315. The zero-order chi connectivity index (χ0) is 15.9. The first kappa shape index (κ1) is 15.4. The van der Waals surface area contributed by atoms with Crippen molar-refractivity contribution < 1.29 is 19.0 Å². The molecular weight excluding hydrogens is 287 g/mol. The van der Waals surface area contributed by atoms with Crippen molar-refractivity contribution in [3.05, 3.63) is 34.4 Å². The maximum Gasteiger partial charge on any atom is 0.338 e. The summed E-state index contributed by atoms with van der Waals surface area (Å²) >= 11 is 0.